The number of hydrogen-bond acceptors (Lipinski definition) is 3. The van der Waals surface area contributed by atoms with E-state index < -0.39 is 0 Å². The second-order valence-corrected chi connectivity index (χ2v) is 6.84. The minimum atomic E-state index is -0.331. The standard InChI is InChI=1S/C19H27ClFN3O2.HI/c1-3-26-18(25)14-5-8-16(9-6-14)24-19(22-2)23-11-10-13-4-7-15(21)12-17(13)20;/h4,7,12,14,16H,3,5-6,8-11H2,1-2H3,(H2,22,23,24);1H. The van der Waals surface area contributed by atoms with Crippen LogP contribution in [0.3, 0.4) is 0 Å². The van der Waals surface area contributed by atoms with E-state index in [1.54, 1.807) is 13.1 Å². The molecule has 5 nitrogen and oxygen atoms in total. The zero-order chi connectivity index (χ0) is 18.9. The maximum absolute atomic E-state index is 13.1. The maximum Gasteiger partial charge on any atom is 0.308 e. The van der Waals surface area contributed by atoms with Crippen LogP contribution in [0.5, 0.6) is 0 Å². The first-order valence-electron chi connectivity index (χ1n) is 9.11. The lowest BCUT2D eigenvalue weighted by Crippen LogP contribution is -2.45. The number of esters is 1. The van der Waals surface area contributed by atoms with Crippen LogP contribution in [-0.2, 0) is 16.0 Å². The van der Waals surface area contributed by atoms with Crippen molar-refractivity contribution in [3.8, 4) is 0 Å². The Labute approximate surface area is 182 Å². The lowest BCUT2D eigenvalue weighted by atomic mass is 9.86. The van der Waals surface area contributed by atoms with Crippen molar-refractivity contribution >= 4 is 47.5 Å². The minimum absolute atomic E-state index is 0. The van der Waals surface area contributed by atoms with Crippen molar-refractivity contribution < 1.29 is 13.9 Å². The molecule has 2 N–H and O–H groups in total. The quantitative estimate of drug-likeness (QED) is 0.263. The van der Waals surface area contributed by atoms with Gasteiger partial charge in [-0.15, -0.1) is 24.0 Å². The Hall–Kier alpha value is -1.09. The fourth-order valence-electron chi connectivity index (χ4n) is 3.16. The third-order valence-electron chi connectivity index (χ3n) is 4.61. The Morgan fingerprint density at radius 1 is 1.33 bits per heavy atom. The van der Waals surface area contributed by atoms with Crippen LogP contribution in [0.25, 0.3) is 0 Å². The summed E-state index contributed by atoms with van der Waals surface area (Å²) in [6, 6.07) is 4.73. The Bertz CT molecular complexity index is 637. The van der Waals surface area contributed by atoms with Crippen LogP contribution in [0.4, 0.5) is 4.39 Å². The molecule has 0 unspecified atom stereocenters. The molecule has 1 saturated carbocycles. The maximum atomic E-state index is 13.1. The molecule has 1 aliphatic rings. The molecule has 27 heavy (non-hydrogen) atoms. The summed E-state index contributed by atoms with van der Waals surface area (Å²) in [6.07, 6.45) is 4.16. The van der Waals surface area contributed by atoms with Crippen LogP contribution in [-0.4, -0.2) is 38.2 Å². The van der Waals surface area contributed by atoms with Gasteiger partial charge in [0.05, 0.1) is 12.5 Å². The van der Waals surface area contributed by atoms with E-state index in [1.165, 1.54) is 12.1 Å². The van der Waals surface area contributed by atoms with E-state index in [0.29, 0.717) is 30.6 Å². The largest absolute Gasteiger partial charge is 0.466 e. The van der Waals surface area contributed by atoms with Gasteiger partial charge in [-0.05, 0) is 56.7 Å². The first kappa shape index (κ1) is 23.9. The second-order valence-electron chi connectivity index (χ2n) is 6.43. The number of carbonyl (C=O) groups excluding carboxylic acids is 1. The van der Waals surface area contributed by atoms with Gasteiger partial charge in [0, 0.05) is 24.7 Å². The van der Waals surface area contributed by atoms with Crippen molar-refractivity contribution in [1.29, 1.82) is 0 Å². The van der Waals surface area contributed by atoms with E-state index in [-0.39, 0.29) is 41.7 Å². The van der Waals surface area contributed by atoms with Gasteiger partial charge in [-0.1, -0.05) is 17.7 Å². The second kappa shape index (κ2) is 12.4. The van der Waals surface area contributed by atoms with Gasteiger partial charge < -0.3 is 15.4 Å². The third-order valence-corrected chi connectivity index (χ3v) is 4.97. The van der Waals surface area contributed by atoms with E-state index in [0.717, 1.165) is 37.2 Å². The molecular formula is C19H28ClFIN3O2. The van der Waals surface area contributed by atoms with Crippen molar-refractivity contribution in [3.05, 3.63) is 34.6 Å². The van der Waals surface area contributed by atoms with E-state index in [9.17, 15) is 9.18 Å². The summed E-state index contributed by atoms with van der Waals surface area (Å²) >= 11 is 6.04. The third kappa shape index (κ3) is 7.81. The molecule has 1 aromatic carbocycles. The van der Waals surface area contributed by atoms with E-state index >= 15 is 0 Å². The highest BCUT2D eigenvalue weighted by Gasteiger charge is 2.27. The van der Waals surface area contributed by atoms with Crippen LogP contribution in [0.15, 0.2) is 23.2 Å². The van der Waals surface area contributed by atoms with Gasteiger partial charge in [0.1, 0.15) is 5.82 Å². The molecule has 152 valence electrons. The number of nitrogens with one attached hydrogen (secondary N) is 2. The van der Waals surface area contributed by atoms with Crippen LogP contribution in [0, 0.1) is 11.7 Å². The van der Waals surface area contributed by atoms with Crippen molar-refractivity contribution in [2.75, 3.05) is 20.2 Å². The number of guanidine groups is 1. The highest BCUT2D eigenvalue weighted by molar-refractivity contribution is 14.0. The Morgan fingerprint density at radius 3 is 2.63 bits per heavy atom. The number of halogens is 3. The van der Waals surface area contributed by atoms with Gasteiger partial charge in [0.25, 0.3) is 0 Å². The molecule has 0 amide bonds. The molecule has 0 aliphatic heterocycles. The van der Waals surface area contributed by atoms with Gasteiger partial charge in [0.2, 0.25) is 0 Å². The van der Waals surface area contributed by atoms with Crippen molar-refractivity contribution in [2.45, 2.75) is 45.1 Å². The fourth-order valence-corrected chi connectivity index (χ4v) is 3.42. The van der Waals surface area contributed by atoms with Crippen LogP contribution in [0.1, 0.15) is 38.2 Å². The van der Waals surface area contributed by atoms with E-state index in [4.69, 9.17) is 16.3 Å². The van der Waals surface area contributed by atoms with Crippen LogP contribution < -0.4 is 10.6 Å². The molecule has 8 heteroatoms. The topological polar surface area (TPSA) is 62.7 Å². The molecule has 1 aliphatic carbocycles. The lowest BCUT2D eigenvalue weighted by molar-refractivity contribution is -0.149. The number of carbonyl (C=O) groups is 1. The molecule has 2 rings (SSSR count). The zero-order valence-corrected chi connectivity index (χ0v) is 18.9. The normalized spacial score (nSPS) is 19.8. The van der Waals surface area contributed by atoms with Crippen LogP contribution >= 0.6 is 35.6 Å². The van der Waals surface area contributed by atoms with Gasteiger partial charge in [-0.25, -0.2) is 4.39 Å². The lowest BCUT2D eigenvalue weighted by Gasteiger charge is -2.29. The van der Waals surface area contributed by atoms with E-state index in [1.807, 2.05) is 6.92 Å². The number of nitrogens with zero attached hydrogens (tertiary/aromatic N) is 1. The first-order chi connectivity index (χ1) is 12.5. The van der Waals surface area contributed by atoms with Gasteiger partial charge >= 0.3 is 5.97 Å². The molecule has 0 atom stereocenters. The zero-order valence-electron chi connectivity index (χ0n) is 15.8. The monoisotopic (exact) mass is 511 g/mol. The predicted octanol–water partition coefficient (Wildman–Crippen LogP) is 3.93. The Morgan fingerprint density at radius 2 is 2.04 bits per heavy atom. The molecule has 0 bridgehead atoms. The Kier molecular flexibility index (Phi) is 11.0. The Balaban J connectivity index is 0.00000364. The molecule has 0 heterocycles. The van der Waals surface area contributed by atoms with E-state index in [2.05, 4.69) is 15.6 Å². The summed E-state index contributed by atoms with van der Waals surface area (Å²) in [6.45, 7) is 2.91. The number of hydrogen-bond donors (Lipinski definition) is 2. The SMILES string of the molecule is CCOC(=O)C1CCC(NC(=NC)NCCc2ccc(F)cc2Cl)CC1.I. The molecule has 1 aromatic rings. The number of aliphatic imine (C=N–C) groups is 1. The molecular weight excluding hydrogens is 484 g/mol. The smallest absolute Gasteiger partial charge is 0.308 e. The molecule has 0 saturated heterocycles. The van der Waals surface area contributed by atoms with Gasteiger partial charge in [0.15, 0.2) is 5.96 Å². The molecule has 0 spiro atoms. The molecule has 0 radical (unpaired) electrons. The molecule has 1 fully saturated rings. The van der Waals surface area contributed by atoms with Gasteiger partial charge in [-0.2, -0.15) is 0 Å². The van der Waals surface area contributed by atoms with Crippen LogP contribution in [0.2, 0.25) is 5.02 Å². The van der Waals surface area contributed by atoms with Crippen molar-refractivity contribution in [3.63, 3.8) is 0 Å². The predicted molar refractivity (Wildman–Crippen MR) is 117 cm³/mol. The highest BCUT2D eigenvalue weighted by atomic mass is 127. The average molecular weight is 512 g/mol. The van der Waals surface area contributed by atoms with Crippen molar-refractivity contribution in [1.82, 2.24) is 10.6 Å². The summed E-state index contributed by atoms with van der Waals surface area (Å²) in [5.74, 6) is 0.332. The summed E-state index contributed by atoms with van der Waals surface area (Å²) in [5.41, 5.74) is 0.894. The summed E-state index contributed by atoms with van der Waals surface area (Å²) in [4.78, 5) is 16.0. The highest BCUT2D eigenvalue weighted by Crippen LogP contribution is 2.25. The minimum Gasteiger partial charge on any atom is -0.466 e. The first-order valence-corrected chi connectivity index (χ1v) is 9.49. The number of rotatable bonds is 6. The average Bonchev–Trinajstić information content (AvgIpc) is 2.63. The summed E-state index contributed by atoms with van der Waals surface area (Å²) in [7, 11) is 1.73. The van der Waals surface area contributed by atoms with Gasteiger partial charge in [-0.3, -0.25) is 9.79 Å². The fraction of sp³-hybridized carbons (Fsp3) is 0.579. The number of benzene rings is 1. The summed E-state index contributed by atoms with van der Waals surface area (Å²) < 4.78 is 18.2. The summed E-state index contributed by atoms with van der Waals surface area (Å²) in [5, 5.41) is 7.09. The molecule has 0 aromatic heterocycles. The van der Waals surface area contributed by atoms with Crippen molar-refractivity contribution in [2.24, 2.45) is 10.9 Å². The number of ether oxygens (including phenoxy) is 1.